The summed E-state index contributed by atoms with van der Waals surface area (Å²) in [6.07, 6.45) is 0. The summed E-state index contributed by atoms with van der Waals surface area (Å²) >= 11 is 5.49. The maximum Gasteiger partial charge on any atom is 0.396 e. The van der Waals surface area contributed by atoms with Gasteiger partial charge in [0.15, 0.2) is 5.22 Å². The highest BCUT2D eigenvalue weighted by molar-refractivity contribution is 6.32. The molecule has 14 heavy (non-hydrogen) atoms. The van der Waals surface area contributed by atoms with E-state index in [1.54, 1.807) is 12.1 Å². The summed E-state index contributed by atoms with van der Waals surface area (Å²) in [6.45, 7) is 0.0979. The van der Waals surface area contributed by atoms with Crippen LogP contribution in [-0.2, 0) is 20.9 Å². The minimum atomic E-state index is -0.942. The van der Waals surface area contributed by atoms with Crippen LogP contribution in [0.4, 0.5) is 0 Å². The molecule has 0 aliphatic heterocycles. The van der Waals surface area contributed by atoms with Gasteiger partial charge in [-0.05, 0) is 23.7 Å². The molecule has 0 aromatic carbocycles. The van der Waals surface area contributed by atoms with E-state index in [9.17, 15) is 9.59 Å². The normalized spacial score (nSPS) is 9.57. The maximum atomic E-state index is 10.9. The van der Waals surface area contributed by atoms with Gasteiger partial charge in [-0.25, -0.2) is 4.79 Å². The van der Waals surface area contributed by atoms with E-state index in [1.807, 2.05) is 0 Å². The summed E-state index contributed by atoms with van der Waals surface area (Å²) in [4.78, 5) is 21.5. The number of methoxy groups -OCH3 is 1. The third kappa shape index (κ3) is 2.77. The molecule has 1 N–H and O–H groups in total. The van der Waals surface area contributed by atoms with E-state index in [-0.39, 0.29) is 11.8 Å². The largest absolute Gasteiger partial charge is 0.462 e. The number of nitrogens with one attached hydrogen (secondary N) is 1. The van der Waals surface area contributed by atoms with Crippen LogP contribution >= 0.6 is 11.6 Å². The molecule has 1 aromatic rings. The predicted octanol–water partition coefficient (Wildman–Crippen LogP) is 0.722. The summed E-state index contributed by atoms with van der Waals surface area (Å²) in [5, 5.41) is 2.53. The summed E-state index contributed by atoms with van der Waals surface area (Å²) in [5.74, 6) is -1.30. The first-order valence-electron chi connectivity index (χ1n) is 3.74. The van der Waals surface area contributed by atoms with Crippen molar-refractivity contribution < 1.29 is 18.7 Å². The first-order chi connectivity index (χ1) is 6.63. The zero-order valence-electron chi connectivity index (χ0n) is 7.37. The highest BCUT2D eigenvalue weighted by Crippen LogP contribution is 2.12. The highest BCUT2D eigenvalue weighted by atomic mass is 35.5. The van der Waals surface area contributed by atoms with Gasteiger partial charge in [0.2, 0.25) is 0 Å². The Morgan fingerprint density at radius 2 is 2.29 bits per heavy atom. The molecule has 5 nitrogen and oxygen atoms in total. The Morgan fingerprint density at radius 1 is 1.57 bits per heavy atom. The van der Waals surface area contributed by atoms with E-state index in [4.69, 9.17) is 16.0 Å². The average molecular weight is 218 g/mol. The van der Waals surface area contributed by atoms with Crippen LogP contribution in [0.5, 0.6) is 0 Å². The second-order valence-corrected chi connectivity index (χ2v) is 2.75. The molecule has 0 saturated heterocycles. The van der Waals surface area contributed by atoms with Gasteiger partial charge in [-0.2, -0.15) is 0 Å². The van der Waals surface area contributed by atoms with Crippen LogP contribution in [0.25, 0.3) is 0 Å². The van der Waals surface area contributed by atoms with Crippen molar-refractivity contribution in [2.24, 2.45) is 0 Å². The molecule has 1 amide bonds. The SMILES string of the molecule is COC(=O)C(=O)NCc1ccc(Cl)o1. The van der Waals surface area contributed by atoms with Gasteiger partial charge in [-0.3, -0.25) is 4.79 Å². The topological polar surface area (TPSA) is 68.5 Å². The van der Waals surface area contributed by atoms with Crippen molar-refractivity contribution in [2.75, 3.05) is 7.11 Å². The number of carbonyl (C=O) groups excluding carboxylic acids is 2. The Hall–Kier alpha value is -1.49. The number of rotatable bonds is 2. The summed E-state index contributed by atoms with van der Waals surface area (Å²) in [5.41, 5.74) is 0. The zero-order valence-corrected chi connectivity index (χ0v) is 8.13. The van der Waals surface area contributed by atoms with Gasteiger partial charge >= 0.3 is 11.9 Å². The van der Waals surface area contributed by atoms with Crippen LogP contribution in [0.3, 0.4) is 0 Å². The Labute approximate surface area is 85.0 Å². The lowest BCUT2D eigenvalue weighted by Crippen LogP contribution is -2.31. The van der Waals surface area contributed by atoms with E-state index >= 15 is 0 Å². The Kier molecular flexibility index (Phi) is 3.53. The van der Waals surface area contributed by atoms with Gasteiger partial charge in [0.05, 0.1) is 13.7 Å². The summed E-state index contributed by atoms with van der Waals surface area (Å²) in [6, 6.07) is 3.14. The fourth-order valence-corrected chi connectivity index (χ4v) is 0.941. The number of ether oxygens (including phenoxy) is 1. The molecule has 1 heterocycles. The fraction of sp³-hybridized carbons (Fsp3) is 0.250. The standard InChI is InChI=1S/C8H8ClNO4/c1-13-8(12)7(11)10-4-5-2-3-6(9)14-5/h2-3H,4H2,1H3,(H,10,11). The van der Waals surface area contributed by atoms with Crippen molar-refractivity contribution in [3.05, 3.63) is 23.1 Å². The van der Waals surface area contributed by atoms with Crippen LogP contribution in [0.2, 0.25) is 5.22 Å². The van der Waals surface area contributed by atoms with E-state index in [0.717, 1.165) is 7.11 Å². The Balaban J connectivity index is 2.41. The molecule has 0 spiro atoms. The molecule has 1 aromatic heterocycles. The first-order valence-corrected chi connectivity index (χ1v) is 4.11. The number of furan rings is 1. The lowest BCUT2D eigenvalue weighted by molar-refractivity contribution is -0.152. The molecule has 0 fully saturated rings. The Bertz CT molecular complexity index is 347. The van der Waals surface area contributed by atoms with Gasteiger partial charge in [-0.15, -0.1) is 0 Å². The van der Waals surface area contributed by atoms with Crippen LogP contribution in [-0.4, -0.2) is 19.0 Å². The quantitative estimate of drug-likeness (QED) is 0.586. The Morgan fingerprint density at radius 3 is 2.79 bits per heavy atom. The smallest absolute Gasteiger partial charge is 0.396 e. The predicted molar refractivity (Wildman–Crippen MR) is 47.6 cm³/mol. The van der Waals surface area contributed by atoms with Crippen molar-refractivity contribution in [3.63, 3.8) is 0 Å². The maximum absolute atomic E-state index is 10.9. The van der Waals surface area contributed by atoms with Gasteiger partial charge in [0, 0.05) is 0 Å². The molecule has 0 aliphatic rings. The number of esters is 1. The third-order valence-electron chi connectivity index (χ3n) is 1.42. The molecular weight excluding hydrogens is 210 g/mol. The number of hydrogen-bond donors (Lipinski definition) is 1. The number of carbonyl (C=O) groups is 2. The second-order valence-electron chi connectivity index (χ2n) is 2.38. The minimum Gasteiger partial charge on any atom is -0.462 e. The van der Waals surface area contributed by atoms with Gasteiger partial charge in [0.1, 0.15) is 5.76 Å². The average Bonchev–Trinajstić information content (AvgIpc) is 2.59. The molecule has 0 unspecified atom stereocenters. The first kappa shape index (κ1) is 10.6. The minimum absolute atomic E-state index is 0.0979. The molecule has 0 bridgehead atoms. The molecule has 76 valence electrons. The van der Waals surface area contributed by atoms with Crippen molar-refractivity contribution in [3.8, 4) is 0 Å². The highest BCUT2D eigenvalue weighted by Gasteiger charge is 2.13. The van der Waals surface area contributed by atoms with Crippen molar-refractivity contribution in [1.29, 1.82) is 0 Å². The zero-order chi connectivity index (χ0) is 10.6. The second kappa shape index (κ2) is 4.66. The van der Waals surface area contributed by atoms with E-state index in [1.165, 1.54) is 0 Å². The lowest BCUT2D eigenvalue weighted by atomic mass is 10.4. The molecule has 0 atom stereocenters. The van der Waals surface area contributed by atoms with Crippen LogP contribution in [0.1, 0.15) is 5.76 Å². The van der Waals surface area contributed by atoms with E-state index in [2.05, 4.69) is 10.1 Å². The van der Waals surface area contributed by atoms with Crippen molar-refractivity contribution >= 4 is 23.5 Å². The van der Waals surface area contributed by atoms with Crippen LogP contribution in [0, 0.1) is 0 Å². The summed E-state index contributed by atoms with van der Waals surface area (Å²) in [7, 11) is 1.13. The molecular formula is C8H8ClNO4. The van der Waals surface area contributed by atoms with Gasteiger partial charge in [-0.1, -0.05) is 0 Å². The summed E-state index contributed by atoms with van der Waals surface area (Å²) < 4.78 is 9.14. The fourth-order valence-electron chi connectivity index (χ4n) is 0.779. The van der Waals surface area contributed by atoms with Crippen molar-refractivity contribution in [2.45, 2.75) is 6.54 Å². The number of halogens is 1. The molecule has 0 aliphatic carbocycles. The van der Waals surface area contributed by atoms with Crippen LogP contribution in [0.15, 0.2) is 16.5 Å². The van der Waals surface area contributed by atoms with Gasteiger partial charge < -0.3 is 14.5 Å². The number of hydrogen-bond acceptors (Lipinski definition) is 4. The molecule has 0 radical (unpaired) electrons. The van der Waals surface area contributed by atoms with Crippen LogP contribution < -0.4 is 5.32 Å². The third-order valence-corrected chi connectivity index (χ3v) is 1.63. The molecule has 0 saturated carbocycles. The lowest BCUT2D eigenvalue weighted by Gasteiger charge is -2.00. The molecule has 1 rings (SSSR count). The van der Waals surface area contributed by atoms with E-state index < -0.39 is 11.9 Å². The monoisotopic (exact) mass is 217 g/mol. The van der Waals surface area contributed by atoms with E-state index in [0.29, 0.717) is 5.76 Å². The van der Waals surface area contributed by atoms with Gasteiger partial charge in [0.25, 0.3) is 0 Å². The van der Waals surface area contributed by atoms with Crippen molar-refractivity contribution in [1.82, 2.24) is 5.32 Å². The number of amides is 1. The molecule has 6 heteroatoms.